The second-order valence-electron chi connectivity index (χ2n) is 5.25. The molecule has 0 amide bonds. The van der Waals surface area contributed by atoms with Gasteiger partial charge in [0, 0.05) is 18.8 Å². The van der Waals surface area contributed by atoms with E-state index in [9.17, 15) is 0 Å². The number of rotatable bonds is 8. The molecule has 0 heterocycles. The van der Waals surface area contributed by atoms with Crippen molar-refractivity contribution in [1.29, 1.82) is 0 Å². The zero-order valence-corrected chi connectivity index (χ0v) is 12.4. The van der Waals surface area contributed by atoms with Crippen LogP contribution in [0.5, 0.6) is 0 Å². The summed E-state index contributed by atoms with van der Waals surface area (Å²) in [6, 6.07) is 8.87. The van der Waals surface area contributed by atoms with Crippen LogP contribution in [0.25, 0.3) is 0 Å². The third-order valence-corrected chi connectivity index (χ3v) is 3.28. The Kier molecular flexibility index (Phi) is 6.81. The lowest BCUT2D eigenvalue weighted by Gasteiger charge is -2.17. The summed E-state index contributed by atoms with van der Waals surface area (Å²) in [4.78, 5) is 2.46. The van der Waals surface area contributed by atoms with Gasteiger partial charge in [0.2, 0.25) is 0 Å². The van der Waals surface area contributed by atoms with Crippen molar-refractivity contribution in [3.8, 4) is 0 Å². The summed E-state index contributed by atoms with van der Waals surface area (Å²) in [6.07, 6.45) is 1.14. The second kappa shape index (κ2) is 8.15. The first kappa shape index (κ1) is 15.0. The number of nitrogens with zero attached hydrogens (tertiary/aromatic N) is 1. The van der Waals surface area contributed by atoms with E-state index >= 15 is 0 Å². The first-order chi connectivity index (χ1) is 8.65. The maximum atomic E-state index is 3.45. The minimum absolute atomic E-state index is 0.687. The Hall–Kier alpha value is -1.02. The van der Waals surface area contributed by atoms with E-state index in [0.29, 0.717) is 5.92 Å². The molecule has 1 rings (SSSR count). The Morgan fingerprint density at radius 3 is 2.17 bits per heavy atom. The van der Waals surface area contributed by atoms with Crippen LogP contribution in [-0.2, 0) is 6.42 Å². The summed E-state index contributed by atoms with van der Waals surface area (Å²) >= 11 is 0. The predicted octanol–water partition coefficient (Wildman–Crippen LogP) is 3.64. The summed E-state index contributed by atoms with van der Waals surface area (Å²) in [5.41, 5.74) is 2.66. The fourth-order valence-corrected chi connectivity index (χ4v) is 1.94. The third kappa shape index (κ3) is 5.54. The van der Waals surface area contributed by atoms with E-state index in [-0.39, 0.29) is 0 Å². The molecule has 0 bridgehead atoms. The number of nitrogens with one attached hydrogen (secondary N) is 1. The maximum Gasteiger partial charge on any atom is 0.0340 e. The van der Waals surface area contributed by atoms with Crippen molar-refractivity contribution in [2.24, 2.45) is 5.92 Å². The number of likely N-dealkylation sites (N-methyl/N-ethyl adjacent to an activating group) is 1. The lowest BCUT2D eigenvalue weighted by molar-refractivity contribution is 0.308. The Balaban J connectivity index is 2.40. The van der Waals surface area contributed by atoms with Crippen molar-refractivity contribution < 1.29 is 0 Å². The van der Waals surface area contributed by atoms with Crippen LogP contribution in [0, 0.1) is 5.92 Å². The van der Waals surface area contributed by atoms with Crippen LogP contribution in [0.3, 0.4) is 0 Å². The molecule has 0 unspecified atom stereocenters. The zero-order chi connectivity index (χ0) is 13.4. The van der Waals surface area contributed by atoms with Crippen LogP contribution in [0.4, 0.5) is 5.69 Å². The van der Waals surface area contributed by atoms with Crippen LogP contribution in [0.1, 0.15) is 33.3 Å². The van der Waals surface area contributed by atoms with Gasteiger partial charge < -0.3 is 10.2 Å². The Morgan fingerprint density at radius 2 is 1.67 bits per heavy atom. The lowest BCUT2D eigenvalue weighted by Crippen LogP contribution is -2.25. The zero-order valence-electron chi connectivity index (χ0n) is 12.4. The van der Waals surface area contributed by atoms with Gasteiger partial charge in [-0.15, -0.1) is 0 Å². The molecule has 1 aromatic carbocycles. The Labute approximate surface area is 112 Å². The van der Waals surface area contributed by atoms with E-state index in [2.05, 4.69) is 62.2 Å². The molecule has 0 radical (unpaired) electrons. The highest BCUT2D eigenvalue weighted by Gasteiger charge is 2.00. The number of hydrogen-bond acceptors (Lipinski definition) is 2. The van der Waals surface area contributed by atoms with E-state index in [1.165, 1.54) is 11.3 Å². The van der Waals surface area contributed by atoms with Crippen LogP contribution in [-0.4, -0.2) is 31.1 Å². The van der Waals surface area contributed by atoms with Crippen LogP contribution in [0.15, 0.2) is 24.3 Å². The summed E-state index contributed by atoms with van der Waals surface area (Å²) in [6.45, 7) is 13.4. The van der Waals surface area contributed by atoms with Gasteiger partial charge in [-0.3, -0.25) is 0 Å². The molecule has 2 nitrogen and oxygen atoms in total. The maximum absolute atomic E-state index is 3.45. The van der Waals surface area contributed by atoms with Crippen LogP contribution >= 0.6 is 0 Å². The molecule has 0 fully saturated rings. The quantitative estimate of drug-likeness (QED) is 0.755. The average Bonchev–Trinajstić information content (AvgIpc) is 2.39. The SMILES string of the molecule is CCN(CC)CCc1ccc(NCC(C)C)cc1. The van der Waals surface area contributed by atoms with Gasteiger partial charge >= 0.3 is 0 Å². The van der Waals surface area contributed by atoms with Crippen molar-refractivity contribution in [3.05, 3.63) is 29.8 Å². The van der Waals surface area contributed by atoms with Crippen molar-refractivity contribution >= 4 is 5.69 Å². The number of hydrogen-bond donors (Lipinski definition) is 1. The molecule has 1 N–H and O–H groups in total. The molecule has 1 aromatic rings. The molecule has 0 aliphatic rings. The molecule has 0 spiro atoms. The van der Waals surface area contributed by atoms with Gasteiger partial charge in [-0.1, -0.05) is 39.8 Å². The minimum atomic E-state index is 0.687. The molecule has 0 saturated carbocycles. The number of benzene rings is 1. The van der Waals surface area contributed by atoms with Gasteiger partial charge in [-0.25, -0.2) is 0 Å². The molecule has 0 atom stereocenters. The molecule has 0 aliphatic carbocycles. The van der Waals surface area contributed by atoms with Gasteiger partial charge in [0.25, 0.3) is 0 Å². The van der Waals surface area contributed by atoms with E-state index in [0.717, 1.165) is 32.6 Å². The topological polar surface area (TPSA) is 15.3 Å². The van der Waals surface area contributed by atoms with Gasteiger partial charge in [-0.2, -0.15) is 0 Å². The van der Waals surface area contributed by atoms with E-state index in [1.807, 2.05) is 0 Å². The second-order valence-corrected chi connectivity index (χ2v) is 5.25. The summed E-state index contributed by atoms with van der Waals surface area (Å²) < 4.78 is 0. The summed E-state index contributed by atoms with van der Waals surface area (Å²) in [5, 5.41) is 3.45. The van der Waals surface area contributed by atoms with E-state index < -0.39 is 0 Å². The van der Waals surface area contributed by atoms with Crippen LogP contribution < -0.4 is 5.32 Å². The van der Waals surface area contributed by atoms with Crippen molar-refractivity contribution in [2.45, 2.75) is 34.1 Å². The molecular formula is C16H28N2. The lowest BCUT2D eigenvalue weighted by atomic mass is 10.1. The molecule has 0 aliphatic heterocycles. The predicted molar refractivity (Wildman–Crippen MR) is 81.3 cm³/mol. The smallest absolute Gasteiger partial charge is 0.0340 e. The Morgan fingerprint density at radius 1 is 1.06 bits per heavy atom. The van der Waals surface area contributed by atoms with Crippen LogP contribution in [0.2, 0.25) is 0 Å². The normalized spacial score (nSPS) is 11.2. The molecule has 0 aromatic heterocycles. The number of anilines is 1. The first-order valence-corrected chi connectivity index (χ1v) is 7.20. The monoisotopic (exact) mass is 248 g/mol. The summed E-state index contributed by atoms with van der Waals surface area (Å²) in [5.74, 6) is 0.687. The largest absolute Gasteiger partial charge is 0.385 e. The third-order valence-electron chi connectivity index (χ3n) is 3.28. The van der Waals surface area contributed by atoms with Gasteiger partial charge in [-0.05, 0) is 43.1 Å². The van der Waals surface area contributed by atoms with Gasteiger partial charge in [0.15, 0.2) is 0 Å². The highest BCUT2D eigenvalue weighted by molar-refractivity contribution is 5.44. The van der Waals surface area contributed by atoms with E-state index in [1.54, 1.807) is 0 Å². The fourth-order valence-electron chi connectivity index (χ4n) is 1.94. The highest BCUT2D eigenvalue weighted by Crippen LogP contribution is 2.11. The standard InChI is InChI=1S/C16H28N2/c1-5-18(6-2)12-11-15-7-9-16(10-8-15)17-13-14(3)4/h7-10,14,17H,5-6,11-13H2,1-4H3. The molecular weight excluding hydrogens is 220 g/mol. The van der Waals surface area contributed by atoms with Crippen molar-refractivity contribution in [2.75, 3.05) is 31.5 Å². The minimum Gasteiger partial charge on any atom is -0.385 e. The Bertz CT molecular complexity index is 312. The average molecular weight is 248 g/mol. The molecule has 102 valence electrons. The van der Waals surface area contributed by atoms with Gasteiger partial charge in [0.1, 0.15) is 0 Å². The first-order valence-electron chi connectivity index (χ1n) is 7.20. The van der Waals surface area contributed by atoms with Crippen molar-refractivity contribution in [1.82, 2.24) is 4.90 Å². The van der Waals surface area contributed by atoms with Crippen molar-refractivity contribution in [3.63, 3.8) is 0 Å². The molecule has 2 heteroatoms. The fraction of sp³-hybridized carbons (Fsp3) is 0.625. The van der Waals surface area contributed by atoms with Gasteiger partial charge in [0.05, 0.1) is 0 Å². The molecule has 18 heavy (non-hydrogen) atoms. The molecule has 0 saturated heterocycles. The highest BCUT2D eigenvalue weighted by atomic mass is 15.1. The summed E-state index contributed by atoms with van der Waals surface area (Å²) in [7, 11) is 0. The van der Waals surface area contributed by atoms with E-state index in [4.69, 9.17) is 0 Å².